The minimum atomic E-state index is -2.23. The maximum Gasteiger partial charge on any atom is 0.314 e. The van der Waals surface area contributed by atoms with Gasteiger partial charge in [0, 0.05) is 12.6 Å². The van der Waals surface area contributed by atoms with Gasteiger partial charge >= 0.3 is 8.56 Å². The Morgan fingerprint density at radius 3 is 1.96 bits per heavy atom. The number of rotatable bonds is 11. The molecule has 0 aliphatic heterocycles. The second kappa shape index (κ2) is 10.5. The van der Waals surface area contributed by atoms with Crippen LogP contribution in [0.1, 0.15) is 12.0 Å². The van der Waals surface area contributed by atoms with Gasteiger partial charge in [0.05, 0.1) is 7.11 Å². The Balaban J connectivity index is 2.50. The zero-order valence-corrected chi connectivity index (χ0v) is 21.7. The predicted molar refractivity (Wildman–Crippen MR) is 125 cm³/mol. The quantitative estimate of drug-likeness (QED) is 0.300. The van der Waals surface area contributed by atoms with E-state index in [2.05, 4.69) is 51.1 Å². The molecule has 0 fully saturated rings. The van der Waals surface area contributed by atoms with E-state index in [1.807, 2.05) is 24.3 Å². The van der Waals surface area contributed by atoms with E-state index < -0.39 is 25.2 Å². The molecule has 158 valence electrons. The van der Waals surface area contributed by atoms with Crippen molar-refractivity contribution in [1.82, 2.24) is 5.32 Å². The van der Waals surface area contributed by atoms with E-state index in [4.69, 9.17) is 13.0 Å². The van der Waals surface area contributed by atoms with Crippen LogP contribution >= 0.6 is 0 Å². The Labute approximate surface area is 174 Å². The second-order valence-electron chi connectivity index (χ2n) is 9.06. The van der Waals surface area contributed by atoms with Crippen molar-refractivity contribution >= 4 is 37.2 Å². The number of carbonyl (C=O) groups is 1. The van der Waals surface area contributed by atoms with Gasteiger partial charge in [-0.2, -0.15) is 0 Å². The van der Waals surface area contributed by atoms with Crippen molar-refractivity contribution in [2.24, 2.45) is 0 Å². The lowest BCUT2D eigenvalue weighted by molar-refractivity contribution is -0.116. The third kappa shape index (κ3) is 11.0. The first-order valence-corrected chi connectivity index (χ1v) is 19.2. The number of methoxy groups -OCH3 is 1. The average Bonchev–Trinajstić information content (AvgIpc) is 2.54. The van der Waals surface area contributed by atoms with Crippen LogP contribution in [-0.4, -0.2) is 44.8 Å². The van der Waals surface area contributed by atoms with Crippen LogP contribution in [0, 0.1) is 0 Å². The lowest BCUT2D eigenvalue weighted by Gasteiger charge is -2.38. The van der Waals surface area contributed by atoms with Crippen LogP contribution in [0.15, 0.2) is 30.3 Å². The molecular formula is C20H37NO4Si3. The van der Waals surface area contributed by atoms with Gasteiger partial charge in [-0.1, -0.05) is 12.1 Å². The van der Waals surface area contributed by atoms with Crippen LogP contribution in [0.25, 0.3) is 6.08 Å². The summed E-state index contributed by atoms with van der Waals surface area (Å²) in [4.78, 5) is 12.1. The summed E-state index contributed by atoms with van der Waals surface area (Å²) in [6.07, 6.45) is 4.23. The first-order chi connectivity index (χ1) is 12.8. The summed E-state index contributed by atoms with van der Waals surface area (Å²) in [6, 6.07) is 8.48. The Bertz CT molecular complexity index is 633. The summed E-state index contributed by atoms with van der Waals surface area (Å²) in [5, 5.41) is 2.96. The van der Waals surface area contributed by atoms with Crippen molar-refractivity contribution in [2.45, 2.75) is 58.3 Å². The molecular weight excluding hydrogens is 402 g/mol. The zero-order chi connectivity index (χ0) is 21.4. The van der Waals surface area contributed by atoms with Gasteiger partial charge in [0.2, 0.25) is 5.91 Å². The van der Waals surface area contributed by atoms with Crippen LogP contribution in [0.4, 0.5) is 0 Å². The monoisotopic (exact) mass is 439 g/mol. The van der Waals surface area contributed by atoms with Gasteiger partial charge in [0.25, 0.3) is 0 Å². The summed E-state index contributed by atoms with van der Waals surface area (Å²) in [5.74, 6) is 0.714. The number of carbonyl (C=O) groups excluding carboxylic acids is 1. The topological polar surface area (TPSA) is 56.8 Å². The fraction of sp³-hybridized carbons (Fsp3) is 0.550. The summed E-state index contributed by atoms with van der Waals surface area (Å²) in [6.45, 7) is 16.0. The maximum atomic E-state index is 12.1. The van der Waals surface area contributed by atoms with Crippen molar-refractivity contribution in [2.75, 3.05) is 13.7 Å². The van der Waals surface area contributed by atoms with Crippen molar-refractivity contribution in [1.29, 1.82) is 0 Å². The highest BCUT2D eigenvalue weighted by Crippen LogP contribution is 2.25. The predicted octanol–water partition coefficient (Wildman–Crippen LogP) is 4.99. The Morgan fingerprint density at radius 2 is 1.50 bits per heavy atom. The normalized spacial score (nSPS) is 13.0. The van der Waals surface area contributed by atoms with E-state index in [1.54, 1.807) is 19.3 Å². The van der Waals surface area contributed by atoms with Gasteiger partial charge in [-0.3, -0.25) is 4.79 Å². The van der Waals surface area contributed by atoms with Crippen molar-refractivity contribution in [3.05, 3.63) is 35.9 Å². The highest BCUT2D eigenvalue weighted by molar-refractivity contribution is 6.87. The summed E-state index contributed by atoms with van der Waals surface area (Å²) >= 11 is 0. The number of hydrogen-bond acceptors (Lipinski definition) is 4. The van der Waals surface area contributed by atoms with E-state index in [0.717, 1.165) is 23.8 Å². The third-order valence-corrected chi connectivity index (χ3v) is 13.3. The summed E-state index contributed by atoms with van der Waals surface area (Å²) in [5.41, 5.74) is 0.961. The van der Waals surface area contributed by atoms with Gasteiger partial charge < -0.3 is 18.3 Å². The molecule has 0 radical (unpaired) electrons. The van der Waals surface area contributed by atoms with Crippen LogP contribution in [0.5, 0.6) is 5.75 Å². The molecule has 1 aromatic rings. The lowest BCUT2D eigenvalue weighted by Crippen LogP contribution is -2.52. The minimum Gasteiger partial charge on any atom is -0.497 e. The molecule has 0 saturated heterocycles. The molecule has 0 spiro atoms. The molecule has 0 atom stereocenters. The fourth-order valence-electron chi connectivity index (χ4n) is 2.99. The van der Waals surface area contributed by atoms with Gasteiger partial charge in [0.15, 0.2) is 16.6 Å². The van der Waals surface area contributed by atoms with Gasteiger partial charge in [-0.15, -0.1) is 0 Å². The van der Waals surface area contributed by atoms with E-state index in [9.17, 15) is 4.79 Å². The van der Waals surface area contributed by atoms with Crippen LogP contribution in [-0.2, 0) is 13.0 Å². The molecule has 0 aromatic heterocycles. The third-order valence-electron chi connectivity index (χ3n) is 3.69. The number of amides is 1. The van der Waals surface area contributed by atoms with Gasteiger partial charge in [-0.05, 0) is 82.1 Å². The van der Waals surface area contributed by atoms with Crippen molar-refractivity contribution in [3.63, 3.8) is 0 Å². The van der Waals surface area contributed by atoms with Gasteiger partial charge in [-0.25, -0.2) is 0 Å². The van der Waals surface area contributed by atoms with Crippen molar-refractivity contribution < 1.29 is 17.8 Å². The number of ether oxygens (including phenoxy) is 1. The number of benzene rings is 1. The van der Waals surface area contributed by atoms with E-state index in [1.165, 1.54) is 0 Å². The lowest BCUT2D eigenvalue weighted by atomic mass is 10.2. The average molecular weight is 440 g/mol. The fourth-order valence-corrected chi connectivity index (χ4v) is 15.5. The molecule has 0 aliphatic rings. The Hall–Kier alpha value is -1.20. The van der Waals surface area contributed by atoms with Crippen LogP contribution in [0.3, 0.4) is 0 Å². The van der Waals surface area contributed by atoms with Crippen molar-refractivity contribution in [3.8, 4) is 5.75 Å². The molecule has 0 heterocycles. The molecule has 1 rings (SSSR count). The Morgan fingerprint density at radius 1 is 0.964 bits per heavy atom. The first kappa shape index (κ1) is 24.8. The molecule has 0 bridgehead atoms. The molecule has 28 heavy (non-hydrogen) atoms. The standard InChI is InChI=1S/C20H37NO4Si3/c1-23-19-13-10-18(11-14-19)12-15-20(22)21-16-9-17-28(8,24-26(2,3)4)25-27(5,6)7/h10-15H,9,16-17H2,1-8H3,(H,21,22). The Kier molecular flexibility index (Phi) is 9.35. The molecule has 1 amide bonds. The largest absolute Gasteiger partial charge is 0.497 e. The first-order valence-electron chi connectivity index (χ1n) is 9.82. The second-order valence-corrected chi connectivity index (χ2v) is 21.9. The van der Waals surface area contributed by atoms with E-state index in [-0.39, 0.29) is 5.91 Å². The number of hydrogen-bond donors (Lipinski definition) is 1. The zero-order valence-electron chi connectivity index (χ0n) is 18.7. The minimum absolute atomic E-state index is 0.0867. The van der Waals surface area contributed by atoms with Gasteiger partial charge in [0.1, 0.15) is 5.75 Å². The molecule has 5 nitrogen and oxygen atoms in total. The maximum absolute atomic E-state index is 12.1. The summed E-state index contributed by atoms with van der Waals surface area (Å²) < 4.78 is 18.1. The number of nitrogens with one attached hydrogen (secondary N) is 1. The van der Waals surface area contributed by atoms with E-state index in [0.29, 0.717) is 6.54 Å². The summed E-state index contributed by atoms with van der Waals surface area (Å²) in [7, 11) is -3.96. The molecule has 1 aromatic carbocycles. The highest BCUT2D eigenvalue weighted by atomic mass is 28.5. The SMILES string of the molecule is COc1ccc(C=CC(=O)NCCC[Si](C)(O[Si](C)(C)C)O[Si](C)(C)C)cc1. The molecule has 0 unspecified atom stereocenters. The van der Waals surface area contributed by atoms with E-state index >= 15 is 0 Å². The molecule has 1 N–H and O–H groups in total. The van der Waals surface area contributed by atoms with Crippen LogP contribution in [0.2, 0.25) is 51.9 Å². The molecule has 0 aliphatic carbocycles. The molecule has 0 saturated carbocycles. The highest BCUT2D eigenvalue weighted by Gasteiger charge is 2.39. The van der Waals surface area contributed by atoms with Crippen LogP contribution < -0.4 is 10.1 Å². The smallest absolute Gasteiger partial charge is 0.314 e. The molecule has 8 heteroatoms.